The number of ether oxygens (including phenoxy) is 3. The first-order valence-electron chi connectivity index (χ1n) is 8.58. The van der Waals surface area contributed by atoms with Gasteiger partial charge in [-0.05, 0) is 23.3 Å². The Balaban J connectivity index is 1.82. The van der Waals surface area contributed by atoms with Gasteiger partial charge in [-0.25, -0.2) is 9.59 Å². The van der Waals surface area contributed by atoms with Crippen molar-refractivity contribution < 1.29 is 28.9 Å². The van der Waals surface area contributed by atoms with Gasteiger partial charge in [-0.1, -0.05) is 36.4 Å². The third kappa shape index (κ3) is 4.67. The molecule has 29 heavy (non-hydrogen) atoms. The molecule has 1 aromatic heterocycles. The highest BCUT2D eigenvalue weighted by molar-refractivity contribution is 7.15. The van der Waals surface area contributed by atoms with Gasteiger partial charge in [-0.3, -0.25) is 5.32 Å². The number of carbonyl (C=O) groups is 2. The molecule has 0 saturated carbocycles. The van der Waals surface area contributed by atoms with Gasteiger partial charge in [0.2, 0.25) is 0 Å². The maximum atomic E-state index is 12.1. The van der Waals surface area contributed by atoms with E-state index >= 15 is 0 Å². The molecule has 0 unspecified atom stereocenters. The van der Waals surface area contributed by atoms with Crippen LogP contribution in [-0.2, 0) is 11.3 Å². The summed E-state index contributed by atoms with van der Waals surface area (Å²) in [5.41, 5.74) is 1.90. The number of aromatic carboxylic acids is 1. The van der Waals surface area contributed by atoms with Crippen molar-refractivity contribution >= 4 is 28.4 Å². The van der Waals surface area contributed by atoms with Crippen molar-refractivity contribution in [1.82, 2.24) is 0 Å². The molecule has 0 aliphatic heterocycles. The van der Waals surface area contributed by atoms with E-state index in [1.54, 1.807) is 23.6 Å². The number of hydrogen-bond acceptors (Lipinski definition) is 6. The molecule has 0 bridgehead atoms. The van der Waals surface area contributed by atoms with Gasteiger partial charge in [0, 0.05) is 10.9 Å². The van der Waals surface area contributed by atoms with Crippen molar-refractivity contribution in [2.24, 2.45) is 0 Å². The summed E-state index contributed by atoms with van der Waals surface area (Å²) in [6.45, 7) is 0.0863. The predicted molar refractivity (Wildman–Crippen MR) is 110 cm³/mol. The number of methoxy groups -OCH3 is 2. The summed E-state index contributed by atoms with van der Waals surface area (Å²) in [4.78, 5) is 24.0. The standard InChI is InChI=1S/C21H19NO6S/c1-26-16-9-8-14(10-17(16)27-2)15-12-29-19(18(15)20(23)24)22-21(25)28-11-13-6-4-3-5-7-13/h3-10,12H,11H2,1-2H3,(H,22,25)(H,23,24). The summed E-state index contributed by atoms with van der Waals surface area (Å²) in [5, 5.41) is 14.1. The first-order chi connectivity index (χ1) is 14.0. The van der Waals surface area contributed by atoms with Gasteiger partial charge in [-0.15, -0.1) is 11.3 Å². The Morgan fingerprint density at radius 2 is 1.76 bits per heavy atom. The number of hydrogen-bond donors (Lipinski definition) is 2. The molecule has 150 valence electrons. The highest BCUT2D eigenvalue weighted by atomic mass is 32.1. The number of carboxylic acids is 1. The van der Waals surface area contributed by atoms with Crippen LogP contribution in [-0.4, -0.2) is 31.4 Å². The van der Waals surface area contributed by atoms with Gasteiger partial charge >= 0.3 is 12.1 Å². The number of thiophene rings is 1. The third-order valence-corrected chi connectivity index (χ3v) is 5.02. The van der Waals surface area contributed by atoms with Crippen molar-refractivity contribution in [2.75, 3.05) is 19.5 Å². The van der Waals surface area contributed by atoms with Crippen LogP contribution in [0.15, 0.2) is 53.9 Å². The number of nitrogens with one attached hydrogen (secondary N) is 1. The van der Waals surface area contributed by atoms with Crippen LogP contribution in [0.25, 0.3) is 11.1 Å². The second-order valence-corrected chi connectivity index (χ2v) is 6.79. The van der Waals surface area contributed by atoms with E-state index in [9.17, 15) is 14.7 Å². The zero-order valence-electron chi connectivity index (χ0n) is 15.8. The van der Waals surface area contributed by atoms with E-state index in [1.807, 2.05) is 30.3 Å². The van der Waals surface area contributed by atoms with Gasteiger partial charge in [0.25, 0.3) is 0 Å². The van der Waals surface area contributed by atoms with Crippen molar-refractivity contribution in [1.29, 1.82) is 0 Å². The topological polar surface area (TPSA) is 94.1 Å². The number of benzene rings is 2. The molecule has 2 aromatic carbocycles. The smallest absolute Gasteiger partial charge is 0.412 e. The summed E-state index contributed by atoms with van der Waals surface area (Å²) in [7, 11) is 3.02. The van der Waals surface area contributed by atoms with E-state index in [0.29, 0.717) is 22.6 Å². The molecule has 8 heteroatoms. The van der Waals surface area contributed by atoms with Crippen LogP contribution in [0, 0.1) is 0 Å². The summed E-state index contributed by atoms with van der Waals surface area (Å²) in [5.74, 6) is -0.148. The number of carbonyl (C=O) groups excluding carboxylic acids is 1. The normalized spacial score (nSPS) is 10.3. The van der Waals surface area contributed by atoms with E-state index < -0.39 is 12.1 Å². The van der Waals surface area contributed by atoms with Crippen molar-refractivity contribution in [3.8, 4) is 22.6 Å². The van der Waals surface area contributed by atoms with Crippen molar-refractivity contribution in [2.45, 2.75) is 6.61 Å². The van der Waals surface area contributed by atoms with E-state index in [4.69, 9.17) is 14.2 Å². The van der Waals surface area contributed by atoms with Gasteiger partial charge in [-0.2, -0.15) is 0 Å². The Morgan fingerprint density at radius 1 is 1.03 bits per heavy atom. The zero-order valence-corrected chi connectivity index (χ0v) is 16.6. The lowest BCUT2D eigenvalue weighted by Gasteiger charge is -2.10. The monoisotopic (exact) mass is 413 g/mol. The molecule has 1 heterocycles. The first kappa shape index (κ1) is 20.2. The van der Waals surface area contributed by atoms with E-state index in [2.05, 4.69) is 5.32 Å². The fourth-order valence-corrected chi connectivity index (χ4v) is 3.68. The largest absolute Gasteiger partial charge is 0.493 e. The molecule has 0 radical (unpaired) electrons. The molecule has 1 amide bonds. The number of carboxylic acid groups (broad SMARTS) is 1. The maximum absolute atomic E-state index is 12.1. The lowest BCUT2D eigenvalue weighted by Crippen LogP contribution is -2.14. The van der Waals surface area contributed by atoms with Crippen molar-refractivity contribution in [3.05, 3.63) is 65.0 Å². The fourth-order valence-electron chi connectivity index (χ4n) is 2.73. The average Bonchev–Trinajstić information content (AvgIpc) is 3.16. The first-order valence-corrected chi connectivity index (χ1v) is 9.46. The van der Waals surface area contributed by atoms with E-state index in [0.717, 1.165) is 16.9 Å². The quantitative estimate of drug-likeness (QED) is 0.573. The van der Waals surface area contributed by atoms with Crippen molar-refractivity contribution in [3.63, 3.8) is 0 Å². The lowest BCUT2D eigenvalue weighted by molar-refractivity contribution is 0.0699. The predicted octanol–water partition coefficient (Wildman–Crippen LogP) is 4.88. The second-order valence-electron chi connectivity index (χ2n) is 5.92. The molecule has 0 aliphatic rings. The number of rotatable bonds is 7. The van der Waals surface area contributed by atoms with Crippen LogP contribution >= 0.6 is 11.3 Å². The third-order valence-electron chi connectivity index (χ3n) is 4.13. The van der Waals surface area contributed by atoms with Crippen LogP contribution in [0.4, 0.5) is 9.80 Å². The van der Waals surface area contributed by atoms with E-state index in [1.165, 1.54) is 14.2 Å². The molecular weight excluding hydrogens is 394 g/mol. The SMILES string of the molecule is COc1ccc(-c2csc(NC(=O)OCc3ccccc3)c2C(=O)O)cc1OC. The molecule has 0 aliphatic carbocycles. The second kappa shape index (κ2) is 9.11. The summed E-state index contributed by atoms with van der Waals surface area (Å²) in [6, 6.07) is 14.3. The van der Waals surface area contributed by atoms with Gasteiger partial charge in [0.15, 0.2) is 11.5 Å². The fraction of sp³-hybridized carbons (Fsp3) is 0.143. The Kier molecular flexibility index (Phi) is 6.36. The number of anilines is 1. The minimum atomic E-state index is -1.16. The van der Waals surface area contributed by atoms with Gasteiger partial charge in [0.1, 0.15) is 17.2 Å². The highest BCUT2D eigenvalue weighted by Gasteiger charge is 2.22. The Bertz CT molecular complexity index is 1020. The van der Waals surface area contributed by atoms with Gasteiger partial charge < -0.3 is 19.3 Å². The van der Waals surface area contributed by atoms with Crippen LogP contribution in [0.3, 0.4) is 0 Å². The Hall–Kier alpha value is -3.52. The molecule has 0 spiro atoms. The van der Waals surface area contributed by atoms with Crippen LogP contribution in [0.1, 0.15) is 15.9 Å². The molecule has 0 atom stereocenters. The highest BCUT2D eigenvalue weighted by Crippen LogP contribution is 2.39. The van der Waals surface area contributed by atoms with Crippen LogP contribution in [0.2, 0.25) is 0 Å². The number of amides is 1. The molecule has 0 fully saturated rings. The van der Waals surface area contributed by atoms with Crippen LogP contribution < -0.4 is 14.8 Å². The van der Waals surface area contributed by atoms with Crippen LogP contribution in [0.5, 0.6) is 11.5 Å². The molecule has 0 saturated heterocycles. The summed E-state index contributed by atoms with van der Waals surface area (Å²) >= 11 is 1.11. The molecule has 2 N–H and O–H groups in total. The Morgan fingerprint density at radius 3 is 2.41 bits per heavy atom. The lowest BCUT2D eigenvalue weighted by atomic mass is 10.0. The zero-order chi connectivity index (χ0) is 20.8. The minimum absolute atomic E-state index is 0.0149. The molecule has 7 nitrogen and oxygen atoms in total. The molecule has 3 aromatic rings. The van der Waals surface area contributed by atoms with Gasteiger partial charge in [0.05, 0.1) is 14.2 Å². The maximum Gasteiger partial charge on any atom is 0.412 e. The summed E-state index contributed by atoms with van der Waals surface area (Å²) < 4.78 is 15.7. The summed E-state index contributed by atoms with van der Waals surface area (Å²) in [6.07, 6.45) is -0.725. The molecular formula is C21H19NO6S. The average molecular weight is 413 g/mol. The molecule has 3 rings (SSSR count). The minimum Gasteiger partial charge on any atom is -0.493 e. The van der Waals surface area contributed by atoms with E-state index in [-0.39, 0.29) is 17.2 Å². The Labute approximate surface area is 171 Å².